The fraction of sp³-hybridized carbons (Fsp3) is 0.500. The Labute approximate surface area is 112 Å². The minimum absolute atomic E-state index is 0.0791. The molecule has 104 valence electrons. The molecule has 1 unspecified atom stereocenters. The van der Waals surface area contributed by atoms with Gasteiger partial charge in [-0.25, -0.2) is 4.39 Å². The molecule has 19 heavy (non-hydrogen) atoms. The highest BCUT2D eigenvalue weighted by molar-refractivity contribution is 5.72. The lowest BCUT2D eigenvalue weighted by Gasteiger charge is -2.17. The van der Waals surface area contributed by atoms with Gasteiger partial charge in [-0.15, -0.1) is 0 Å². The monoisotopic (exact) mass is 267 g/mol. The van der Waals surface area contributed by atoms with Gasteiger partial charge in [-0.3, -0.25) is 9.69 Å². The molecule has 0 bridgehead atoms. The van der Waals surface area contributed by atoms with Crippen LogP contribution in [0.5, 0.6) is 5.75 Å². The van der Waals surface area contributed by atoms with E-state index in [4.69, 9.17) is 9.47 Å². The van der Waals surface area contributed by atoms with Gasteiger partial charge < -0.3 is 9.47 Å². The molecule has 0 aromatic heterocycles. The first kappa shape index (κ1) is 13.8. The molecule has 1 saturated heterocycles. The Morgan fingerprint density at radius 2 is 2.26 bits per heavy atom. The Kier molecular flexibility index (Phi) is 4.37. The smallest absolute Gasteiger partial charge is 0.310 e. The second-order valence-corrected chi connectivity index (χ2v) is 4.70. The molecule has 1 aromatic rings. The van der Waals surface area contributed by atoms with Crippen LogP contribution in [0.1, 0.15) is 12.0 Å². The summed E-state index contributed by atoms with van der Waals surface area (Å²) in [5, 5.41) is 0. The standard InChI is InChI=1S/C14H18FNO3/c1-18-13-4-3-12(15)7-11(13)9-16-6-5-10(8-16)14(17)19-2/h3-4,7,10H,5-6,8-9H2,1-2H3. The van der Waals surface area contributed by atoms with Crippen LogP contribution in [-0.2, 0) is 16.1 Å². The molecule has 1 heterocycles. The molecule has 1 atom stereocenters. The van der Waals surface area contributed by atoms with E-state index in [-0.39, 0.29) is 17.7 Å². The third-order valence-corrected chi connectivity index (χ3v) is 3.44. The number of hydrogen-bond donors (Lipinski definition) is 0. The minimum atomic E-state index is -0.278. The third kappa shape index (κ3) is 3.23. The molecule has 1 fully saturated rings. The summed E-state index contributed by atoms with van der Waals surface area (Å²) >= 11 is 0. The van der Waals surface area contributed by atoms with E-state index in [1.807, 2.05) is 0 Å². The van der Waals surface area contributed by atoms with Crippen LogP contribution in [0, 0.1) is 11.7 Å². The molecule has 2 rings (SSSR count). The lowest BCUT2D eigenvalue weighted by Crippen LogP contribution is -2.23. The van der Waals surface area contributed by atoms with Gasteiger partial charge in [0, 0.05) is 18.7 Å². The number of rotatable bonds is 4. The molecular formula is C14H18FNO3. The Morgan fingerprint density at radius 3 is 2.95 bits per heavy atom. The molecule has 1 aliphatic heterocycles. The third-order valence-electron chi connectivity index (χ3n) is 3.44. The fourth-order valence-corrected chi connectivity index (χ4v) is 2.45. The molecule has 0 spiro atoms. The first-order valence-electron chi connectivity index (χ1n) is 6.26. The van der Waals surface area contributed by atoms with Gasteiger partial charge in [0.1, 0.15) is 11.6 Å². The van der Waals surface area contributed by atoms with Crippen LogP contribution in [0.25, 0.3) is 0 Å². The van der Waals surface area contributed by atoms with Crippen LogP contribution in [0.2, 0.25) is 0 Å². The van der Waals surface area contributed by atoms with Crippen molar-refractivity contribution in [2.75, 3.05) is 27.3 Å². The first-order valence-corrected chi connectivity index (χ1v) is 6.26. The molecule has 0 aliphatic carbocycles. The van der Waals surface area contributed by atoms with Gasteiger partial charge in [0.2, 0.25) is 0 Å². The summed E-state index contributed by atoms with van der Waals surface area (Å²) in [5.74, 6) is 0.140. The molecule has 1 aliphatic rings. The van der Waals surface area contributed by atoms with E-state index in [0.717, 1.165) is 18.5 Å². The Bertz CT molecular complexity index is 464. The van der Waals surface area contributed by atoms with Gasteiger partial charge in [-0.1, -0.05) is 0 Å². The summed E-state index contributed by atoms with van der Waals surface area (Å²) in [6.07, 6.45) is 0.782. The van der Waals surface area contributed by atoms with Gasteiger partial charge >= 0.3 is 5.97 Å². The first-order chi connectivity index (χ1) is 9.13. The van der Waals surface area contributed by atoms with Gasteiger partial charge in [0.05, 0.1) is 20.1 Å². The SMILES string of the molecule is COC(=O)C1CCN(Cc2cc(F)ccc2OC)C1. The summed E-state index contributed by atoms with van der Waals surface area (Å²) in [6, 6.07) is 4.48. The van der Waals surface area contributed by atoms with Crippen molar-refractivity contribution in [2.24, 2.45) is 5.92 Å². The summed E-state index contributed by atoms with van der Waals surface area (Å²) in [7, 11) is 2.97. The second kappa shape index (κ2) is 6.02. The van der Waals surface area contributed by atoms with E-state index in [1.54, 1.807) is 13.2 Å². The maximum atomic E-state index is 13.3. The highest BCUT2D eigenvalue weighted by atomic mass is 19.1. The van der Waals surface area contributed by atoms with E-state index in [9.17, 15) is 9.18 Å². The van der Waals surface area contributed by atoms with Crippen LogP contribution in [0.4, 0.5) is 4.39 Å². The number of ether oxygens (including phenoxy) is 2. The lowest BCUT2D eigenvalue weighted by atomic mass is 10.1. The van der Waals surface area contributed by atoms with Crippen LogP contribution >= 0.6 is 0 Å². The molecule has 0 amide bonds. The normalized spacial score (nSPS) is 19.4. The zero-order chi connectivity index (χ0) is 13.8. The molecule has 5 heteroatoms. The van der Waals surface area contributed by atoms with Gasteiger partial charge in [-0.05, 0) is 31.2 Å². The number of carbonyl (C=O) groups is 1. The van der Waals surface area contributed by atoms with Crippen LogP contribution in [0.15, 0.2) is 18.2 Å². The average Bonchev–Trinajstić information content (AvgIpc) is 2.86. The molecule has 4 nitrogen and oxygen atoms in total. The van der Waals surface area contributed by atoms with Crippen LogP contribution < -0.4 is 4.74 Å². The van der Waals surface area contributed by atoms with Crippen molar-refractivity contribution < 1.29 is 18.7 Å². The van der Waals surface area contributed by atoms with Crippen LogP contribution in [0.3, 0.4) is 0 Å². The van der Waals surface area contributed by atoms with E-state index in [0.29, 0.717) is 18.8 Å². The number of methoxy groups -OCH3 is 2. The van der Waals surface area contributed by atoms with Crippen molar-refractivity contribution in [2.45, 2.75) is 13.0 Å². The Hall–Kier alpha value is -1.62. The van der Waals surface area contributed by atoms with E-state index in [1.165, 1.54) is 19.2 Å². The number of esters is 1. The summed E-state index contributed by atoms with van der Waals surface area (Å²) in [4.78, 5) is 13.6. The van der Waals surface area contributed by atoms with Gasteiger partial charge in [0.25, 0.3) is 0 Å². The molecule has 0 radical (unpaired) electrons. The van der Waals surface area contributed by atoms with Crippen molar-refractivity contribution >= 4 is 5.97 Å². The number of hydrogen-bond acceptors (Lipinski definition) is 4. The number of nitrogens with zero attached hydrogens (tertiary/aromatic N) is 1. The van der Waals surface area contributed by atoms with E-state index >= 15 is 0 Å². The average molecular weight is 267 g/mol. The number of likely N-dealkylation sites (tertiary alicyclic amines) is 1. The van der Waals surface area contributed by atoms with E-state index in [2.05, 4.69) is 4.90 Å². The summed E-state index contributed by atoms with van der Waals surface area (Å²) in [5.41, 5.74) is 0.799. The minimum Gasteiger partial charge on any atom is -0.496 e. The maximum Gasteiger partial charge on any atom is 0.310 e. The highest BCUT2D eigenvalue weighted by Crippen LogP contribution is 2.25. The van der Waals surface area contributed by atoms with Crippen molar-refractivity contribution in [3.05, 3.63) is 29.6 Å². The molecule has 0 N–H and O–H groups in total. The number of halogens is 1. The largest absolute Gasteiger partial charge is 0.496 e. The zero-order valence-electron chi connectivity index (χ0n) is 11.2. The highest BCUT2D eigenvalue weighted by Gasteiger charge is 2.29. The maximum absolute atomic E-state index is 13.3. The number of carbonyl (C=O) groups excluding carboxylic acids is 1. The molecule has 0 saturated carbocycles. The molecule has 1 aromatic carbocycles. The predicted molar refractivity (Wildman–Crippen MR) is 68.4 cm³/mol. The predicted octanol–water partition coefficient (Wildman–Crippen LogP) is 1.83. The van der Waals surface area contributed by atoms with Crippen molar-refractivity contribution in [1.29, 1.82) is 0 Å². The summed E-state index contributed by atoms with van der Waals surface area (Å²) < 4.78 is 23.2. The molecular weight excluding hydrogens is 249 g/mol. The summed E-state index contributed by atoms with van der Waals surface area (Å²) in [6.45, 7) is 2.03. The van der Waals surface area contributed by atoms with Crippen molar-refractivity contribution in [1.82, 2.24) is 4.90 Å². The van der Waals surface area contributed by atoms with Gasteiger partial charge in [-0.2, -0.15) is 0 Å². The zero-order valence-corrected chi connectivity index (χ0v) is 11.2. The van der Waals surface area contributed by atoms with Crippen molar-refractivity contribution in [3.8, 4) is 5.75 Å². The fourth-order valence-electron chi connectivity index (χ4n) is 2.45. The topological polar surface area (TPSA) is 38.8 Å². The lowest BCUT2D eigenvalue weighted by molar-refractivity contribution is -0.144. The Morgan fingerprint density at radius 1 is 1.47 bits per heavy atom. The van der Waals surface area contributed by atoms with Crippen molar-refractivity contribution in [3.63, 3.8) is 0 Å². The number of benzene rings is 1. The Balaban J connectivity index is 2.03. The van der Waals surface area contributed by atoms with E-state index < -0.39 is 0 Å². The van der Waals surface area contributed by atoms with Gasteiger partial charge in [0.15, 0.2) is 0 Å². The second-order valence-electron chi connectivity index (χ2n) is 4.70. The van der Waals surface area contributed by atoms with Crippen LogP contribution in [-0.4, -0.2) is 38.2 Å². The quantitative estimate of drug-likeness (QED) is 0.780.